The molecule has 8 nitrogen and oxygen atoms in total. The van der Waals surface area contributed by atoms with Crippen LogP contribution in [-0.2, 0) is 33.4 Å². The fourth-order valence-electron chi connectivity index (χ4n) is 4.68. The summed E-state index contributed by atoms with van der Waals surface area (Å²) in [5.41, 5.74) is 0. The molecule has 4 atom stereocenters. The maximum absolute atomic E-state index is 13.0. The van der Waals surface area contributed by atoms with E-state index >= 15 is 0 Å². The number of carboxylic acids is 1. The number of carboxylic acid groups (broad SMARTS) is 1. The minimum absolute atomic E-state index is 0.0891. The van der Waals surface area contributed by atoms with E-state index in [1.807, 2.05) is 0 Å². The predicted octanol–water partition coefficient (Wildman–Crippen LogP) is 5.70. The highest BCUT2D eigenvalue weighted by Gasteiger charge is 2.50. The molecule has 0 aromatic rings. The second-order valence-electron chi connectivity index (χ2n) is 9.92. The van der Waals surface area contributed by atoms with E-state index < -0.39 is 47.5 Å². The number of rotatable bonds is 19. The number of esters is 3. The van der Waals surface area contributed by atoms with Gasteiger partial charge in [-0.1, -0.05) is 78.6 Å². The summed E-state index contributed by atoms with van der Waals surface area (Å²) in [5, 5.41) is 9.84. The van der Waals surface area contributed by atoms with E-state index in [9.17, 15) is 24.3 Å². The van der Waals surface area contributed by atoms with Crippen LogP contribution in [0.1, 0.15) is 111 Å². The van der Waals surface area contributed by atoms with E-state index in [1.165, 1.54) is 0 Å². The summed E-state index contributed by atoms with van der Waals surface area (Å²) < 4.78 is 16.3. The van der Waals surface area contributed by atoms with Crippen LogP contribution < -0.4 is 0 Å². The summed E-state index contributed by atoms with van der Waals surface area (Å²) in [6, 6.07) is 0. The quantitative estimate of drug-likeness (QED) is 0.133. The number of ether oxygens (including phenoxy) is 3. The van der Waals surface area contributed by atoms with Gasteiger partial charge in [0.05, 0.1) is 43.5 Å². The molecule has 0 aromatic carbocycles. The molecule has 1 fully saturated rings. The fourth-order valence-corrected chi connectivity index (χ4v) is 4.68. The van der Waals surface area contributed by atoms with Crippen LogP contribution >= 0.6 is 0 Å². The molecule has 1 saturated carbocycles. The molecule has 1 aliphatic rings. The number of hydrogen-bond donors (Lipinski definition) is 1. The van der Waals surface area contributed by atoms with E-state index in [-0.39, 0.29) is 32.7 Å². The third kappa shape index (κ3) is 11.7. The normalized spacial score (nSPS) is 21.5. The Morgan fingerprint density at radius 2 is 0.833 bits per heavy atom. The van der Waals surface area contributed by atoms with Gasteiger partial charge in [0.1, 0.15) is 0 Å². The Bertz CT molecular complexity index is 662. The molecule has 1 aliphatic carbocycles. The Hall–Kier alpha value is -2.12. The first-order chi connectivity index (χ1) is 17.4. The number of hydrogen-bond acceptors (Lipinski definition) is 7. The largest absolute Gasteiger partial charge is 0.481 e. The third-order valence-corrected chi connectivity index (χ3v) is 6.94. The molecular weight excluding hydrogens is 464 g/mol. The van der Waals surface area contributed by atoms with E-state index in [0.29, 0.717) is 12.8 Å². The number of unbranched alkanes of at least 4 members (excludes halogenated alkanes) is 9. The molecule has 0 aliphatic heterocycles. The van der Waals surface area contributed by atoms with Gasteiger partial charge in [-0.15, -0.1) is 0 Å². The van der Waals surface area contributed by atoms with Crippen molar-refractivity contribution in [3.05, 3.63) is 0 Å². The molecule has 0 saturated heterocycles. The molecule has 0 spiro atoms. The predicted molar refractivity (Wildman–Crippen MR) is 136 cm³/mol. The summed E-state index contributed by atoms with van der Waals surface area (Å²) in [6.07, 6.45) is 11.0. The third-order valence-electron chi connectivity index (χ3n) is 6.94. The Morgan fingerprint density at radius 3 is 1.14 bits per heavy atom. The Morgan fingerprint density at radius 1 is 0.528 bits per heavy atom. The van der Waals surface area contributed by atoms with Crippen molar-refractivity contribution in [3.8, 4) is 0 Å². The van der Waals surface area contributed by atoms with Crippen LogP contribution in [0.5, 0.6) is 0 Å². The maximum Gasteiger partial charge on any atom is 0.309 e. The summed E-state index contributed by atoms with van der Waals surface area (Å²) in [5.74, 6) is -6.93. The molecule has 1 rings (SSSR count). The van der Waals surface area contributed by atoms with Crippen LogP contribution in [0, 0.1) is 23.7 Å². The zero-order valence-electron chi connectivity index (χ0n) is 22.6. The number of aliphatic carboxylic acids is 1. The number of carbonyl (C=O) groups excluding carboxylic acids is 3. The Labute approximate surface area is 216 Å². The highest BCUT2D eigenvalue weighted by Crippen LogP contribution is 2.40. The highest BCUT2D eigenvalue weighted by molar-refractivity contribution is 5.87. The van der Waals surface area contributed by atoms with E-state index in [0.717, 1.165) is 64.2 Å². The molecule has 0 heterocycles. The number of carbonyl (C=O) groups is 4. The lowest BCUT2D eigenvalue weighted by molar-refractivity contribution is -0.174. The molecule has 8 heteroatoms. The van der Waals surface area contributed by atoms with Crippen LogP contribution in [0.2, 0.25) is 0 Å². The first-order valence-corrected chi connectivity index (χ1v) is 14.1. The van der Waals surface area contributed by atoms with Gasteiger partial charge >= 0.3 is 23.9 Å². The lowest BCUT2D eigenvalue weighted by Gasteiger charge is -2.36. The van der Waals surface area contributed by atoms with Gasteiger partial charge in [0.25, 0.3) is 0 Å². The van der Waals surface area contributed by atoms with Crippen molar-refractivity contribution in [1.29, 1.82) is 0 Å². The van der Waals surface area contributed by atoms with E-state index in [4.69, 9.17) is 14.2 Å². The second-order valence-corrected chi connectivity index (χ2v) is 9.92. The van der Waals surface area contributed by atoms with E-state index in [2.05, 4.69) is 20.8 Å². The minimum Gasteiger partial charge on any atom is -0.481 e. The van der Waals surface area contributed by atoms with Gasteiger partial charge in [0, 0.05) is 0 Å². The summed E-state index contributed by atoms with van der Waals surface area (Å²) >= 11 is 0. The first-order valence-electron chi connectivity index (χ1n) is 14.1. The molecule has 1 N–H and O–H groups in total. The lowest BCUT2D eigenvalue weighted by Crippen LogP contribution is -2.46. The van der Waals surface area contributed by atoms with Gasteiger partial charge in [0.2, 0.25) is 0 Å². The molecule has 208 valence electrons. The minimum atomic E-state index is -1.17. The monoisotopic (exact) mass is 512 g/mol. The van der Waals surface area contributed by atoms with Crippen LogP contribution in [0.3, 0.4) is 0 Å². The molecule has 36 heavy (non-hydrogen) atoms. The molecule has 0 radical (unpaired) electrons. The van der Waals surface area contributed by atoms with Crippen LogP contribution in [0.4, 0.5) is 0 Å². The van der Waals surface area contributed by atoms with Crippen molar-refractivity contribution in [2.45, 2.75) is 111 Å². The average molecular weight is 513 g/mol. The zero-order valence-corrected chi connectivity index (χ0v) is 22.6. The summed E-state index contributed by atoms with van der Waals surface area (Å²) in [6.45, 7) is 6.95. The van der Waals surface area contributed by atoms with Gasteiger partial charge in [-0.2, -0.15) is 0 Å². The SMILES string of the molecule is CCCCCCOC(=O)C1CC(C(=O)OCCCCCC)C(C(=O)OCCCCCC)CC1C(=O)O. The Kier molecular flexibility index (Phi) is 16.9. The highest BCUT2D eigenvalue weighted by atomic mass is 16.5. The van der Waals surface area contributed by atoms with Gasteiger partial charge in [-0.05, 0) is 32.1 Å². The molecule has 4 unspecified atom stereocenters. The topological polar surface area (TPSA) is 116 Å². The fraction of sp³-hybridized carbons (Fsp3) is 0.857. The molecule has 0 amide bonds. The van der Waals surface area contributed by atoms with Gasteiger partial charge in [-0.25, -0.2) is 0 Å². The van der Waals surface area contributed by atoms with Crippen molar-refractivity contribution in [3.63, 3.8) is 0 Å². The summed E-state index contributed by atoms with van der Waals surface area (Å²) in [7, 11) is 0. The van der Waals surface area contributed by atoms with Crippen molar-refractivity contribution in [2.75, 3.05) is 19.8 Å². The smallest absolute Gasteiger partial charge is 0.309 e. The lowest BCUT2D eigenvalue weighted by atomic mass is 9.68. The van der Waals surface area contributed by atoms with Gasteiger partial charge in [-0.3, -0.25) is 19.2 Å². The first kappa shape index (κ1) is 31.9. The molecular formula is C28H48O8. The van der Waals surface area contributed by atoms with Gasteiger partial charge < -0.3 is 19.3 Å². The zero-order chi connectivity index (χ0) is 26.8. The standard InChI is InChI=1S/C28H48O8/c1-4-7-10-13-16-34-26(31)22-20-24(28(33)36-18-15-12-9-6-3)23(19-21(22)25(29)30)27(32)35-17-14-11-8-5-2/h21-24H,4-20H2,1-3H3,(H,29,30). The molecule has 0 bridgehead atoms. The van der Waals surface area contributed by atoms with E-state index in [1.54, 1.807) is 0 Å². The second kappa shape index (κ2) is 19.1. The maximum atomic E-state index is 13.0. The van der Waals surface area contributed by atoms with Crippen LogP contribution in [-0.4, -0.2) is 48.8 Å². The van der Waals surface area contributed by atoms with Crippen LogP contribution in [0.25, 0.3) is 0 Å². The summed E-state index contributed by atoms with van der Waals surface area (Å²) in [4.78, 5) is 50.8. The van der Waals surface area contributed by atoms with Crippen LogP contribution in [0.15, 0.2) is 0 Å². The van der Waals surface area contributed by atoms with Crippen molar-refractivity contribution in [1.82, 2.24) is 0 Å². The molecule has 0 aromatic heterocycles. The average Bonchev–Trinajstić information content (AvgIpc) is 2.87. The Balaban J connectivity index is 2.90. The van der Waals surface area contributed by atoms with Gasteiger partial charge in [0.15, 0.2) is 0 Å². The van der Waals surface area contributed by atoms with Crippen molar-refractivity contribution in [2.24, 2.45) is 23.7 Å². The van der Waals surface area contributed by atoms with Crippen molar-refractivity contribution >= 4 is 23.9 Å². The van der Waals surface area contributed by atoms with Crippen molar-refractivity contribution < 1.29 is 38.5 Å².